The minimum atomic E-state index is 0. The zero-order valence-corrected chi connectivity index (χ0v) is 12.1. The molecule has 102 valence electrons. The highest BCUT2D eigenvalue weighted by Crippen LogP contribution is 2.24. The maximum atomic E-state index is 5.78. The molecular weight excluding hydrogens is 285 g/mol. The lowest BCUT2D eigenvalue weighted by Gasteiger charge is -2.08. The first-order chi connectivity index (χ1) is 8.83. The van der Waals surface area contributed by atoms with E-state index in [1.165, 1.54) is 0 Å². The third-order valence-corrected chi connectivity index (χ3v) is 2.81. The maximum Gasteiger partial charge on any atom is 0.226 e. The van der Waals surface area contributed by atoms with Gasteiger partial charge in [0.25, 0.3) is 0 Å². The molecule has 0 atom stereocenters. The van der Waals surface area contributed by atoms with E-state index in [0.717, 1.165) is 5.56 Å². The van der Waals surface area contributed by atoms with Crippen molar-refractivity contribution in [1.82, 2.24) is 0 Å². The predicted molar refractivity (Wildman–Crippen MR) is 69.8 cm³/mol. The molecule has 0 saturated carbocycles. The number of hydrogen-bond donors (Lipinski definition) is 0. The molecule has 5 heteroatoms. The molecule has 1 aromatic heterocycles. The predicted octanol–water partition coefficient (Wildman–Crippen LogP) is -0.238. The Morgan fingerprint density at radius 1 is 1.11 bits per heavy atom. The summed E-state index contributed by atoms with van der Waals surface area (Å²) < 4.78 is 12.8. The Labute approximate surface area is 124 Å². The summed E-state index contributed by atoms with van der Waals surface area (Å²) >= 11 is 5.78. The molecule has 2 rings (SSSR count). The highest BCUT2D eigenvalue weighted by Gasteiger charge is 2.10. The van der Waals surface area contributed by atoms with Crippen molar-refractivity contribution in [2.45, 2.75) is 12.6 Å². The Morgan fingerprint density at radius 3 is 2.47 bits per heavy atom. The molecule has 2 aromatic rings. The molecule has 19 heavy (non-hydrogen) atoms. The second-order valence-electron chi connectivity index (χ2n) is 3.79. The highest BCUT2D eigenvalue weighted by atomic mass is 35.5. The molecule has 0 N–H and O–H groups in total. The van der Waals surface area contributed by atoms with Gasteiger partial charge in [0.2, 0.25) is 18.0 Å². The summed E-state index contributed by atoms with van der Waals surface area (Å²) in [6, 6.07) is 12.2. The van der Waals surface area contributed by atoms with Crippen LogP contribution in [0.4, 0.5) is 0 Å². The Bertz CT molecular complexity index is 506. The van der Waals surface area contributed by atoms with Crippen LogP contribution >= 0.6 is 11.6 Å². The number of methoxy groups -OCH3 is 1. The quantitative estimate of drug-likeness (QED) is 0.562. The largest absolute Gasteiger partial charge is 1.00 e. The van der Waals surface area contributed by atoms with Crippen molar-refractivity contribution in [3.05, 3.63) is 54.4 Å². The molecule has 0 saturated heterocycles. The van der Waals surface area contributed by atoms with E-state index in [2.05, 4.69) is 0 Å². The number of pyridine rings is 1. The van der Waals surface area contributed by atoms with Crippen LogP contribution in [0.5, 0.6) is 11.5 Å². The number of halogens is 2. The van der Waals surface area contributed by atoms with Crippen molar-refractivity contribution in [2.24, 2.45) is 0 Å². The normalized spacial score (nSPS) is 9.58. The molecule has 0 fully saturated rings. The topological polar surface area (TPSA) is 22.3 Å². The first-order valence-corrected chi connectivity index (χ1v) is 6.16. The van der Waals surface area contributed by atoms with Crippen LogP contribution in [0.3, 0.4) is 0 Å². The van der Waals surface area contributed by atoms with Gasteiger partial charge in [-0.3, -0.25) is 0 Å². The van der Waals surface area contributed by atoms with Gasteiger partial charge < -0.3 is 21.9 Å². The zero-order valence-electron chi connectivity index (χ0n) is 10.6. The Balaban J connectivity index is 0.00000180. The number of alkyl halides is 1. The number of ether oxygens (including phenoxy) is 2. The Morgan fingerprint density at radius 2 is 1.84 bits per heavy atom. The average molecular weight is 300 g/mol. The van der Waals surface area contributed by atoms with Gasteiger partial charge in [-0.1, -0.05) is 41.9 Å². The molecule has 1 aromatic carbocycles. The van der Waals surface area contributed by atoms with Gasteiger partial charge in [-0.05, 0) is 5.56 Å². The van der Waals surface area contributed by atoms with Gasteiger partial charge in [0, 0.05) is 6.07 Å². The van der Waals surface area contributed by atoms with Crippen LogP contribution in [-0.4, -0.2) is 7.11 Å². The van der Waals surface area contributed by atoms with Crippen LogP contribution in [0.1, 0.15) is 5.56 Å². The summed E-state index contributed by atoms with van der Waals surface area (Å²) in [7, 11) is 1.62. The van der Waals surface area contributed by atoms with Gasteiger partial charge >= 0.3 is 0 Å². The van der Waals surface area contributed by atoms with Gasteiger partial charge in [0.05, 0.1) is 7.11 Å². The lowest BCUT2D eigenvalue weighted by atomic mass is 10.2. The van der Waals surface area contributed by atoms with Crippen LogP contribution in [-0.2, 0) is 12.6 Å². The van der Waals surface area contributed by atoms with Crippen molar-refractivity contribution in [3.8, 4) is 11.5 Å². The van der Waals surface area contributed by atoms with Crippen LogP contribution in [0.25, 0.3) is 0 Å². The maximum absolute atomic E-state index is 5.78. The van der Waals surface area contributed by atoms with Crippen LogP contribution in [0.2, 0.25) is 0 Å². The van der Waals surface area contributed by atoms with E-state index < -0.39 is 0 Å². The van der Waals surface area contributed by atoms with E-state index in [1.807, 2.05) is 53.4 Å². The summed E-state index contributed by atoms with van der Waals surface area (Å²) in [4.78, 5) is 0. The van der Waals surface area contributed by atoms with Crippen LogP contribution < -0.4 is 26.4 Å². The standard InChI is InChI=1S/C14H15ClNO2.ClH/c1-17-13-7-8-16(11-15)9-14(13)18-10-12-5-3-2-4-6-12;/h2-9H,10-11H2,1H3;1H/q+1;/p-1. The number of rotatable bonds is 5. The SMILES string of the molecule is COc1cc[n+](CCl)cc1OCc1ccccc1.[Cl-]. The van der Waals surface area contributed by atoms with Crippen molar-refractivity contribution < 1.29 is 26.4 Å². The first-order valence-electron chi connectivity index (χ1n) is 5.63. The van der Waals surface area contributed by atoms with Crippen molar-refractivity contribution in [3.63, 3.8) is 0 Å². The molecule has 0 bridgehead atoms. The highest BCUT2D eigenvalue weighted by molar-refractivity contribution is 6.14. The fraction of sp³-hybridized carbons (Fsp3) is 0.214. The number of benzene rings is 1. The molecule has 0 spiro atoms. The monoisotopic (exact) mass is 299 g/mol. The lowest BCUT2D eigenvalue weighted by Crippen LogP contribution is -3.00. The molecule has 0 aliphatic heterocycles. The second-order valence-corrected chi connectivity index (χ2v) is 4.02. The lowest BCUT2D eigenvalue weighted by molar-refractivity contribution is -0.678. The average Bonchev–Trinajstić information content (AvgIpc) is 2.45. The third kappa shape index (κ3) is 4.30. The summed E-state index contributed by atoms with van der Waals surface area (Å²) in [6.07, 6.45) is 3.68. The smallest absolute Gasteiger partial charge is 0.226 e. The first kappa shape index (κ1) is 15.6. The molecule has 3 nitrogen and oxygen atoms in total. The van der Waals surface area contributed by atoms with Crippen molar-refractivity contribution >= 4 is 11.6 Å². The third-order valence-electron chi connectivity index (χ3n) is 2.54. The van der Waals surface area contributed by atoms with E-state index >= 15 is 0 Å². The molecule has 0 amide bonds. The van der Waals surface area contributed by atoms with Gasteiger partial charge in [-0.25, -0.2) is 0 Å². The van der Waals surface area contributed by atoms with Crippen molar-refractivity contribution in [2.75, 3.05) is 7.11 Å². The molecule has 0 radical (unpaired) electrons. The summed E-state index contributed by atoms with van der Waals surface area (Å²) in [5, 5.41) is 0. The van der Waals surface area contributed by atoms with Gasteiger partial charge in [-0.2, -0.15) is 4.57 Å². The molecule has 0 aliphatic carbocycles. The molecular formula is C14H15Cl2NO2. The summed E-state index contributed by atoms with van der Waals surface area (Å²) in [5.41, 5.74) is 1.11. The van der Waals surface area contributed by atoms with E-state index in [1.54, 1.807) is 7.11 Å². The van der Waals surface area contributed by atoms with Gasteiger partial charge in [-0.15, -0.1) is 0 Å². The summed E-state index contributed by atoms with van der Waals surface area (Å²) in [5.74, 6) is 1.39. The van der Waals surface area contributed by atoms with Crippen LogP contribution in [0, 0.1) is 0 Å². The van der Waals surface area contributed by atoms with E-state index in [9.17, 15) is 0 Å². The van der Waals surface area contributed by atoms with E-state index in [4.69, 9.17) is 21.1 Å². The second kappa shape index (κ2) is 7.87. The van der Waals surface area contributed by atoms with Crippen molar-refractivity contribution in [1.29, 1.82) is 0 Å². The van der Waals surface area contributed by atoms with Gasteiger partial charge in [0.15, 0.2) is 11.9 Å². The summed E-state index contributed by atoms with van der Waals surface area (Å²) in [6.45, 7) is 0.503. The van der Waals surface area contributed by atoms with Gasteiger partial charge in [0.1, 0.15) is 6.61 Å². The van der Waals surface area contributed by atoms with Crippen LogP contribution in [0.15, 0.2) is 48.8 Å². The molecule has 0 unspecified atom stereocenters. The number of hydrogen-bond acceptors (Lipinski definition) is 2. The minimum Gasteiger partial charge on any atom is -1.00 e. The Hall–Kier alpha value is -1.45. The number of aromatic nitrogens is 1. The minimum absolute atomic E-state index is 0. The fourth-order valence-corrected chi connectivity index (χ4v) is 1.74. The Kier molecular flexibility index (Phi) is 6.46. The number of nitrogens with zero attached hydrogens (tertiary/aromatic N) is 1. The van der Waals surface area contributed by atoms with E-state index in [0.29, 0.717) is 24.1 Å². The molecule has 0 aliphatic rings. The molecule has 1 heterocycles. The van der Waals surface area contributed by atoms with E-state index in [-0.39, 0.29) is 12.4 Å². The zero-order chi connectivity index (χ0) is 12.8. The fourth-order valence-electron chi connectivity index (χ4n) is 1.59.